The molecule has 102 valence electrons. The molecule has 0 saturated heterocycles. The van der Waals surface area contributed by atoms with Crippen molar-refractivity contribution in [1.29, 1.82) is 0 Å². The Hall–Kier alpha value is -1.79. The van der Waals surface area contributed by atoms with Gasteiger partial charge in [0, 0.05) is 6.54 Å². The van der Waals surface area contributed by atoms with Gasteiger partial charge in [-0.15, -0.1) is 5.10 Å². The molecule has 1 N–H and O–H groups in total. The molecule has 1 aromatic heterocycles. The highest BCUT2D eigenvalue weighted by Crippen LogP contribution is 2.05. The molecule has 0 spiro atoms. The van der Waals surface area contributed by atoms with Gasteiger partial charge in [0.15, 0.2) is 0 Å². The van der Waals surface area contributed by atoms with Crippen LogP contribution < -0.4 is 5.56 Å². The molecular weight excluding hydrogens is 244 g/mol. The number of aliphatic hydroxyl groups is 1. The van der Waals surface area contributed by atoms with Crippen LogP contribution in [0.5, 0.6) is 0 Å². The van der Waals surface area contributed by atoms with E-state index in [-0.39, 0.29) is 5.56 Å². The normalized spacial score (nSPS) is 12.3. The molecule has 0 saturated carbocycles. The lowest BCUT2D eigenvalue weighted by Gasteiger charge is -2.25. The Bertz CT molecular complexity index is 630. The maximum Gasteiger partial charge on any atom is 0.278 e. The molecule has 0 aliphatic heterocycles. The van der Waals surface area contributed by atoms with Gasteiger partial charge < -0.3 is 5.11 Å². The van der Waals surface area contributed by atoms with Gasteiger partial charge in [-0.1, -0.05) is 17.3 Å². The van der Waals surface area contributed by atoms with Crippen LogP contribution >= 0.6 is 0 Å². The van der Waals surface area contributed by atoms with E-state index in [0.717, 1.165) is 0 Å². The first-order chi connectivity index (χ1) is 8.87. The van der Waals surface area contributed by atoms with Crippen LogP contribution in [-0.4, -0.2) is 44.2 Å². The fourth-order valence-electron chi connectivity index (χ4n) is 2.06. The average Bonchev–Trinajstić information content (AvgIpc) is 2.31. The van der Waals surface area contributed by atoms with Crippen molar-refractivity contribution in [3.8, 4) is 0 Å². The molecule has 0 aliphatic carbocycles. The largest absolute Gasteiger partial charge is 0.389 e. The standard InChI is InChI=1S/C13H18N4O2/c1-13(2,19)8-16(3)9-17-12(18)10-6-4-5-7-11(10)14-15-17/h4-7,19H,8-9H2,1-3H3. The summed E-state index contributed by atoms with van der Waals surface area (Å²) < 4.78 is 1.30. The maximum absolute atomic E-state index is 12.2. The van der Waals surface area contributed by atoms with Crippen LogP contribution in [0.25, 0.3) is 10.9 Å². The second kappa shape index (κ2) is 5.07. The van der Waals surface area contributed by atoms with Crippen molar-refractivity contribution in [2.24, 2.45) is 0 Å². The summed E-state index contributed by atoms with van der Waals surface area (Å²) in [7, 11) is 1.82. The van der Waals surface area contributed by atoms with E-state index < -0.39 is 5.60 Å². The topological polar surface area (TPSA) is 71.2 Å². The third-order valence-electron chi connectivity index (χ3n) is 2.66. The Balaban J connectivity index is 2.27. The Morgan fingerprint density at radius 2 is 2.05 bits per heavy atom. The lowest BCUT2D eigenvalue weighted by molar-refractivity contribution is 0.0334. The molecular formula is C13H18N4O2. The van der Waals surface area contributed by atoms with Gasteiger partial charge in [-0.25, -0.2) is 0 Å². The van der Waals surface area contributed by atoms with E-state index in [2.05, 4.69) is 10.3 Å². The van der Waals surface area contributed by atoms with Crippen molar-refractivity contribution in [3.63, 3.8) is 0 Å². The molecule has 2 rings (SSSR count). The number of aromatic nitrogens is 3. The number of likely N-dealkylation sites (N-methyl/N-ethyl adjacent to an activating group) is 1. The summed E-state index contributed by atoms with van der Waals surface area (Å²) in [6.45, 7) is 4.17. The Morgan fingerprint density at radius 3 is 2.74 bits per heavy atom. The second-order valence-electron chi connectivity index (χ2n) is 5.38. The number of benzene rings is 1. The first-order valence-corrected chi connectivity index (χ1v) is 6.10. The third-order valence-corrected chi connectivity index (χ3v) is 2.66. The highest BCUT2D eigenvalue weighted by atomic mass is 16.3. The minimum atomic E-state index is -0.817. The van der Waals surface area contributed by atoms with Crippen molar-refractivity contribution in [2.45, 2.75) is 26.1 Å². The molecule has 0 aliphatic rings. The molecule has 0 radical (unpaired) electrons. The highest BCUT2D eigenvalue weighted by molar-refractivity contribution is 5.76. The average molecular weight is 262 g/mol. The highest BCUT2D eigenvalue weighted by Gasteiger charge is 2.16. The van der Waals surface area contributed by atoms with E-state index in [1.807, 2.05) is 18.0 Å². The molecule has 19 heavy (non-hydrogen) atoms. The summed E-state index contributed by atoms with van der Waals surface area (Å²) in [5.41, 5.74) is -0.398. The Kier molecular flexibility index (Phi) is 3.64. The number of hydrogen-bond donors (Lipinski definition) is 1. The first-order valence-electron chi connectivity index (χ1n) is 6.10. The molecule has 0 unspecified atom stereocenters. The lowest BCUT2D eigenvalue weighted by Crippen LogP contribution is -2.40. The fourth-order valence-corrected chi connectivity index (χ4v) is 2.06. The predicted octanol–water partition coefficient (Wildman–Crippen LogP) is 0.452. The quantitative estimate of drug-likeness (QED) is 0.866. The van der Waals surface area contributed by atoms with Gasteiger partial charge in [0.05, 0.1) is 17.7 Å². The zero-order valence-electron chi connectivity index (χ0n) is 11.4. The summed E-state index contributed by atoms with van der Waals surface area (Å²) in [6, 6.07) is 7.12. The fraction of sp³-hybridized carbons (Fsp3) is 0.462. The van der Waals surface area contributed by atoms with Crippen LogP contribution in [-0.2, 0) is 6.67 Å². The summed E-state index contributed by atoms with van der Waals surface area (Å²) in [4.78, 5) is 14.0. The Labute approximate surface area is 111 Å². The van der Waals surface area contributed by atoms with Crippen molar-refractivity contribution in [2.75, 3.05) is 13.6 Å². The molecule has 1 heterocycles. The third kappa shape index (κ3) is 3.36. The first kappa shape index (κ1) is 13.6. The van der Waals surface area contributed by atoms with Gasteiger partial charge in [-0.3, -0.25) is 9.69 Å². The monoisotopic (exact) mass is 262 g/mol. The smallest absolute Gasteiger partial charge is 0.278 e. The number of fused-ring (bicyclic) bond motifs is 1. The molecule has 0 atom stereocenters. The number of rotatable bonds is 4. The molecule has 0 fully saturated rings. The van der Waals surface area contributed by atoms with E-state index in [4.69, 9.17) is 0 Å². The van der Waals surface area contributed by atoms with Gasteiger partial charge in [0.1, 0.15) is 5.52 Å². The van der Waals surface area contributed by atoms with Gasteiger partial charge in [-0.2, -0.15) is 4.68 Å². The van der Waals surface area contributed by atoms with E-state index in [1.165, 1.54) is 4.68 Å². The van der Waals surface area contributed by atoms with Crippen LogP contribution in [0.15, 0.2) is 29.1 Å². The van der Waals surface area contributed by atoms with Crippen molar-refractivity contribution in [3.05, 3.63) is 34.6 Å². The molecule has 0 amide bonds. The van der Waals surface area contributed by atoms with E-state index in [0.29, 0.717) is 24.1 Å². The van der Waals surface area contributed by atoms with Gasteiger partial charge in [0.2, 0.25) is 0 Å². The van der Waals surface area contributed by atoms with Gasteiger partial charge in [-0.05, 0) is 33.0 Å². The maximum atomic E-state index is 12.2. The van der Waals surface area contributed by atoms with Crippen LogP contribution in [0.4, 0.5) is 0 Å². The van der Waals surface area contributed by atoms with Crippen LogP contribution in [0.3, 0.4) is 0 Å². The molecule has 6 heteroatoms. The SMILES string of the molecule is CN(Cn1nnc2ccccc2c1=O)CC(C)(C)O. The zero-order chi connectivity index (χ0) is 14.0. The van der Waals surface area contributed by atoms with Crippen molar-refractivity contribution < 1.29 is 5.11 Å². The summed E-state index contributed by atoms with van der Waals surface area (Å²) in [5, 5.41) is 18.2. The molecule has 6 nitrogen and oxygen atoms in total. The van der Waals surface area contributed by atoms with Gasteiger partial charge >= 0.3 is 0 Å². The van der Waals surface area contributed by atoms with Crippen molar-refractivity contribution in [1.82, 2.24) is 19.9 Å². The van der Waals surface area contributed by atoms with E-state index in [1.54, 1.807) is 32.0 Å². The molecule has 1 aromatic carbocycles. The van der Waals surface area contributed by atoms with Crippen LogP contribution in [0, 0.1) is 0 Å². The summed E-state index contributed by atoms with van der Waals surface area (Å²) in [5.74, 6) is 0. The van der Waals surface area contributed by atoms with E-state index in [9.17, 15) is 9.90 Å². The van der Waals surface area contributed by atoms with Crippen LogP contribution in [0.1, 0.15) is 13.8 Å². The van der Waals surface area contributed by atoms with Gasteiger partial charge in [0.25, 0.3) is 5.56 Å². The minimum Gasteiger partial charge on any atom is -0.389 e. The summed E-state index contributed by atoms with van der Waals surface area (Å²) in [6.07, 6.45) is 0. The zero-order valence-corrected chi connectivity index (χ0v) is 11.4. The Morgan fingerprint density at radius 1 is 1.37 bits per heavy atom. The predicted molar refractivity (Wildman–Crippen MR) is 72.7 cm³/mol. The van der Waals surface area contributed by atoms with Crippen LogP contribution in [0.2, 0.25) is 0 Å². The molecule has 0 bridgehead atoms. The number of hydrogen-bond acceptors (Lipinski definition) is 5. The van der Waals surface area contributed by atoms with Crippen molar-refractivity contribution >= 4 is 10.9 Å². The molecule has 2 aromatic rings. The number of nitrogens with zero attached hydrogens (tertiary/aromatic N) is 4. The summed E-state index contributed by atoms with van der Waals surface area (Å²) >= 11 is 0. The van der Waals surface area contributed by atoms with E-state index >= 15 is 0 Å². The minimum absolute atomic E-state index is 0.173. The lowest BCUT2D eigenvalue weighted by atomic mass is 10.1. The second-order valence-corrected chi connectivity index (χ2v) is 5.38.